The predicted molar refractivity (Wildman–Crippen MR) is 102 cm³/mol. The van der Waals surface area contributed by atoms with Gasteiger partial charge in [0.1, 0.15) is 6.29 Å². The van der Waals surface area contributed by atoms with E-state index in [1.54, 1.807) is 0 Å². The molecule has 0 spiro atoms. The minimum Gasteiger partial charge on any atom is -0.392 e. The number of likely N-dealkylation sites (tertiary alicyclic amines) is 1. The molecule has 4 aliphatic rings. The van der Waals surface area contributed by atoms with Crippen LogP contribution in [0.3, 0.4) is 0 Å². The molecule has 0 amide bonds. The Bertz CT molecular complexity index is 621. The summed E-state index contributed by atoms with van der Waals surface area (Å²) in [5.74, 6) is 1.02. The maximum atomic E-state index is 11.3. The Hall–Kier alpha value is -0.710. The van der Waals surface area contributed by atoms with Gasteiger partial charge in [-0.1, -0.05) is 33.8 Å². The van der Waals surface area contributed by atoms with Gasteiger partial charge in [-0.2, -0.15) is 0 Å². The van der Waals surface area contributed by atoms with Crippen LogP contribution in [0.1, 0.15) is 52.9 Å². The van der Waals surface area contributed by atoms with Crippen molar-refractivity contribution in [3.05, 3.63) is 12.2 Å². The lowest BCUT2D eigenvalue weighted by atomic mass is 9.37. The van der Waals surface area contributed by atoms with Crippen LogP contribution in [0.15, 0.2) is 12.2 Å². The zero-order valence-electron chi connectivity index (χ0n) is 16.6. The molecule has 0 radical (unpaired) electrons. The van der Waals surface area contributed by atoms with Gasteiger partial charge in [-0.15, -0.1) is 0 Å². The summed E-state index contributed by atoms with van der Waals surface area (Å²) < 4.78 is 0. The van der Waals surface area contributed by atoms with E-state index in [0.29, 0.717) is 12.5 Å². The minimum absolute atomic E-state index is 0.0954. The van der Waals surface area contributed by atoms with Crippen molar-refractivity contribution in [2.45, 2.75) is 65.1 Å². The van der Waals surface area contributed by atoms with Crippen molar-refractivity contribution >= 4 is 6.29 Å². The first kappa shape index (κ1) is 18.6. The molecule has 4 nitrogen and oxygen atoms in total. The number of hydrogen-bond acceptors (Lipinski definition) is 4. The topological polar surface area (TPSA) is 60.8 Å². The first-order chi connectivity index (χ1) is 12.2. The quantitative estimate of drug-likeness (QED) is 0.586. The van der Waals surface area contributed by atoms with E-state index >= 15 is 0 Å². The first-order valence-electron chi connectivity index (χ1n) is 10.4. The summed E-state index contributed by atoms with van der Waals surface area (Å²) in [4.78, 5) is 13.6. The van der Waals surface area contributed by atoms with Crippen molar-refractivity contribution in [1.29, 1.82) is 0 Å². The van der Waals surface area contributed by atoms with E-state index in [9.17, 15) is 15.0 Å². The number of fused-ring (bicyclic) bond motifs is 1. The fraction of sp³-hybridized carbons (Fsp3) is 0.864. The van der Waals surface area contributed by atoms with Crippen LogP contribution >= 0.6 is 0 Å². The van der Waals surface area contributed by atoms with Gasteiger partial charge in [0.15, 0.2) is 0 Å². The second-order valence-corrected chi connectivity index (χ2v) is 10.4. The van der Waals surface area contributed by atoms with E-state index in [0.717, 1.165) is 44.2 Å². The number of nitrogens with zero attached hydrogens (tertiary/aromatic N) is 1. The van der Waals surface area contributed by atoms with Crippen molar-refractivity contribution in [2.24, 2.45) is 34.0 Å². The molecule has 1 saturated heterocycles. The third-order valence-corrected chi connectivity index (χ3v) is 9.15. The molecule has 1 aliphatic heterocycles. The molecule has 8 unspecified atom stereocenters. The summed E-state index contributed by atoms with van der Waals surface area (Å²) in [6.07, 6.45) is 5.22. The molecule has 3 aliphatic carbocycles. The van der Waals surface area contributed by atoms with Crippen molar-refractivity contribution in [1.82, 2.24) is 4.90 Å². The largest absolute Gasteiger partial charge is 0.392 e. The van der Waals surface area contributed by atoms with E-state index in [-0.39, 0.29) is 22.7 Å². The summed E-state index contributed by atoms with van der Waals surface area (Å²) in [7, 11) is 0. The molecule has 1 heterocycles. The lowest BCUT2D eigenvalue weighted by Crippen LogP contribution is -2.72. The van der Waals surface area contributed by atoms with Gasteiger partial charge in [0.2, 0.25) is 0 Å². The highest BCUT2D eigenvalue weighted by Crippen LogP contribution is 2.70. The maximum absolute atomic E-state index is 11.3. The minimum atomic E-state index is -0.642. The molecule has 0 aromatic rings. The van der Waals surface area contributed by atoms with Crippen LogP contribution in [0.4, 0.5) is 0 Å². The number of carbonyl (C=O) groups is 1. The Labute approximate surface area is 157 Å². The van der Waals surface area contributed by atoms with Crippen LogP contribution in [0, 0.1) is 34.0 Å². The second-order valence-electron chi connectivity index (χ2n) is 10.4. The van der Waals surface area contributed by atoms with Gasteiger partial charge >= 0.3 is 0 Å². The molecule has 146 valence electrons. The molecule has 4 rings (SSSR count). The zero-order chi connectivity index (χ0) is 18.9. The average molecular weight is 362 g/mol. The van der Waals surface area contributed by atoms with Crippen molar-refractivity contribution in [3.63, 3.8) is 0 Å². The molecule has 2 bridgehead atoms. The van der Waals surface area contributed by atoms with Crippen molar-refractivity contribution in [3.8, 4) is 0 Å². The summed E-state index contributed by atoms with van der Waals surface area (Å²) in [6, 6.07) is 0. The molecule has 4 fully saturated rings. The Balaban J connectivity index is 1.83. The Morgan fingerprint density at radius 1 is 1.19 bits per heavy atom. The molecule has 26 heavy (non-hydrogen) atoms. The summed E-state index contributed by atoms with van der Waals surface area (Å²) in [5.41, 5.74) is 0.613. The molecule has 0 aromatic heterocycles. The van der Waals surface area contributed by atoms with Gasteiger partial charge in [-0.25, -0.2) is 0 Å². The third kappa shape index (κ3) is 2.21. The maximum Gasteiger partial charge on any atom is 0.133 e. The van der Waals surface area contributed by atoms with Gasteiger partial charge in [0, 0.05) is 18.5 Å². The normalized spacial score (nSPS) is 54.3. The molecule has 3 saturated carbocycles. The second kappa shape index (κ2) is 5.89. The Morgan fingerprint density at radius 3 is 2.62 bits per heavy atom. The number of aliphatic hydroxyl groups is 2. The predicted octanol–water partition coefficient (Wildman–Crippen LogP) is 2.64. The van der Waals surface area contributed by atoms with Crippen molar-refractivity contribution in [2.75, 3.05) is 19.6 Å². The van der Waals surface area contributed by atoms with Crippen LogP contribution < -0.4 is 0 Å². The molecule has 2 N–H and O–H groups in total. The van der Waals surface area contributed by atoms with Gasteiger partial charge in [-0.05, 0) is 59.8 Å². The van der Waals surface area contributed by atoms with E-state index in [1.807, 2.05) is 0 Å². The first-order valence-corrected chi connectivity index (χ1v) is 10.4. The summed E-state index contributed by atoms with van der Waals surface area (Å²) in [5, 5.41) is 22.4. The number of carbonyl (C=O) groups excluding carboxylic acids is 1. The Kier molecular flexibility index (Phi) is 4.22. The van der Waals surface area contributed by atoms with Gasteiger partial charge in [0.25, 0.3) is 0 Å². The van der Waals surface area contributed by atoms with Gasteiger partial charge < -0.3 is 15.0 Å². The van der Waals surface area contributed by atoms with Crippen LogP contribution in [-0.2, 0) is 4.79 Å². The average Bonchev–Trinajstić information content (AvgIpc) is 2.57. The summed E-state index contributed by atoms with van der Waals surface area (Å²) in [6.45, 7) is 13.2. The molecule has 8 atom stereocenters. The van der Waals surface area contributed by atoms with Crippen LogP contribution in [0.25, 0.3) is 0 Å². The van der Waals surface area contributed by atoms with Gasteiger partial charge in [-0.3, -0.25) is 4.90 Å². The van der Waals surface area contributed by atoms with E-state index in [1.165, 1.54) is 12.8 Å². The van der Waals surface area contributed by atoms with E-state index in [2.05, 4.69) is 32.3 Å². The van der Waals surface area contributed by atoms with Crippen LogP contribution in [0.5, 0.6) is 0 Å². The monoisotopic (exact) mass is 361 g/mol. The zero-order valence-corrected chi connectivity index (χ0v) is 16.6. The van der Waals surface area contributed by atoms with Crippen molar-refractivity contribution < 1.29 is 15.0 Å². The molecule has 4 heteroatoms. The fourth-order valence-electron chi connectivity index (χ4n) is 7.87. The SMILES string of the molecule is C=C1C(C)CC2C34CCCC(C)(CN(CC=O)C3)C4CC(O)C2(C)C1O. The van der Waals surface area contributed by atoms with Crippen LogP contribution in [0.2, 0.25) is 0 Å². The van der Waals surface area contributed by atoms with E-state index in [4.69, 9.17) is 0 Å². The van der Waals surface area contributed by atoms with Crippen LogP contribution in [-0.4, -0.2) is 53.2 Å². The lowest BCUT2D eigenvalue weighted by Gasteiger charge is -2.71. The Morgan fingerprint density at radius 2 is 1.92 bits per heavy atom. The third-order valence-electron chi connectivity index (χ3n) is 9.15. The lowest BCUT2D eigenvalue weighted by molar-refractivity contribution is -0.255. The highest BCUT2D eigenvalue weighted by atomic mass is 16.3. The highest BCUT2D eigenvalue weighted by Gasteiger charge is 2.69. The number of aliphatic hydroxyl groups excluding tert-OH is 2. The standard InChI is InChI=1S/C22H35NO3/c1-14-10-17-21(4,19(26)15(14)2)18(25)11-16-20(3)6-5-7-22(16,17)13-23(12-20)8-9-24/h9,14,16-19,25-26H,2,5-8,10-13H2,1,3-4H3. The smallest absolute Gasteiger partial charge is 0.133 e. The highest BCUT2D eigenvalue weighted by molar-refractivity contribution is 5.52. The number of hydrogen-bond donors (Lipinski definition) is 2. The summed E-state index contributed by atoms with van der Waals surface area (Å²) >= 11 is 0. The molecule has 0 aromatic carbocycles. The number of piperidine rings is 1. The van der Waals surface area contributed by atoms with Gasteiger partial charge in [0.05, 0.1) is 18.8 Å². The number of aldehydes is 1. The number of rotatable bonds is 2. The molecular formula is C22H35NO3. The fourth-order valence-corrected chi connectivity index (χ4v) is 7.87. The molecular weight excluding hydrogens is 326 g/mol. The van der Waals surface area contributed by atoms with E-state index < -0.39 is 17.6 Å².